The fourth-order valence-electron chi connectivity index (χ4n) is 2.88. The molecule has 0 aliphatic carbocycles. The van der Waals surface area contributed by atoms with E-state index in [1.165, 1.54) is 0 Å². The van der Waals surface area contributed by atoms with Crippen LogP contribution in [0, 0.1) is 0 Å². The number of amides is 1. The Balaban J connectivity index is 1.48. The van der Waals surface area contributed by atoms with Gasteiger partial charge in [-0.05, 0) is 36.2 Å². The molecule has 23 heavy (non-hydrogen) atoms. The van der Waals surface area contributed by atoms with Gasteiger partial charge in [-0.1, -0.05) is 11.6 Å². The Morgan fingerprint density at radius 2 is 1.87 bits per heavy atom. The van der Waals surface area contributed by atoms with Crippen molar-refractivity contribution >= 4 is 23.2 Å². The molecule has 2 aromatic rings. The molecule has 122 valence electrons. The third-order valence-electron chi connectivity index (χ3n) is 4.21. The van der Waals surface area contributed by atoms with Crippen LogP contribution >= 0.6 is 11.6 Å². The van der Waals surface area contributed by atoms with Crippen LogP contribution in [0.15, 0.2) is 36.7 Å². The number of benzene rings is 1. The zero-order valence-electron chi connectivity index (χ0n) is 13.3. The maximum Gasteiger partial charge on any atom is 0.223 e. The lowest BCUT2D eigenvalue weighted by atomic mass is 10.1. The Morgan fingerprint density at radius 3 is 2.48 bits per heavy atom. The summed E-state index contributed by atoms with van der Waals surface area (Å²) in [5, 5.41) is 4.88. The van der Waals surface area contributed by atoms with Crippen LogP contribution < -0.4 is 4.90 Å². The van der Waals surface area contributed by atoms with E-state index >= 15 is 0 Å². The number of nitrogens with zero attached hydrogens (tertiary/aromatic N) is 4. The highest BCUT2D eigenvalue weighted by molar-refractivity contribution is 6.30. The fourth-order valence-corrected chi connectivity index (χ4v) is 3.00. The molecule has 0 atom stereocenters. The van der Waals surface area contributed by atoms with E-state index in [0.717, 1.165) is 48.9 Å². The van der Waals surface area contributed by atoms with E-state index in [1.807, 2.05) is 48.6 Å². The second kappa shape index (κ2) is 7.04. The van der Waals surface area contributed by atoms with Gasteiger partial charge in [0.15, 0.2) is 0 Å². The van der Waals surface area contributed by atoms with Crippen molar-refractivity contribution in [3.8, 4) is 0 Å². The van der Waals surface area contributed by atoms with E-state index in [2.05, 4.69) is 10.00 Å². The van der Waals surface area contributed by atoms with Gasteiger partial charge in [-0.3, -0.25) is 9.48 Å². The molecule has 1 aromatic carbocycles. The molecule has 1 fully saturated rings. The molecule has 3 rings (SSSR count). The number of anilines is 1. The van der Waals surface area contributed by atoms with Crippen molar-refractivity contribution < 1.29 is 4.79 Å². The quantitative estimate of drug-likeness (QED) is 0.863. The van der Waals surface area contributed by atoms with Crippen molar-refractivity contribution in [1.82, 2.24) is 14.7 Å². The summed E-state index contributed by atoms with van der Waals surface area (Å²) in [6.45, 7) is 3.27. The minimum atomic E-state index is 0.226. The van der Waals surface area contributed by atoms with Gasteiger partial charge in [0, 0.05) is 56.6 Å². The van der Waals surface area contributed by atoms with Gasteiger partial charge in [0.05, 0.1) is 6.20 Å². The first-order valence-electron chi connectivity index (χ1n) is 7.87. The van der Waals surface area contributed by atoms with E-state index in [0.29, 0.717) is 6.42 Å². The normalized spacial score (nSPS) is 15.0. The van der Waals surface area contributed by atoms with E-state index in [4.69, 9.17) is 11.6 Å². The van der Waals surface area contributed by atoms with Gasteiger partial charge in [-0.25, -0.2) is 0 Å². The molecule has 1 aromatic heterocycles. The fraction of sp³-hybridized carbons (Fsp3) is 0.412. The third-order valence-corrected chi connectivity index (χ3v) is 4.46. The van der Waals surface area contributed by atoms with E-state index in [-0.39, 0.29) is 5.91 Å². The van der Waals surface area contributed by atoms with Crippen molar-refractivity contribution in [3.05, 3.63) is 47.2 Å². The van der Waals surface area contributed by atoms with Gasteiger partial charge in [-0.15, -0.1) is 0 Å². The average molecular weight is 333 g/mol. The van der Waals surface area contributed by atoms with Crippen LogP contribution in [0.4, 0.5) is 5.69 Å². The third kappa shape index (κ3) is 4.05. The first kappa shape index (κ1) is 15.9. The summed E-state index contributed by atoms with van der Waals surface area (Å²) in [5.74, 6) is 0.226. The van der Waals surface area contributed by atoms with Crippen LogP contribution in [0.1, 0.15) is 12.0 Å². The highest BCUT2D eigenvalue weighted by Gasteiger charge is 2.21. The molecule has 0 saturated carbocycles. The van der Waals surface area contributed by atoms with Crippen LogP contribution in [0.5, 0.6) is 0 Å². The summed E-state index contributed by atoms with van der Waals surface area (Å²) in [5.41, 5.74) is 2.28. The Labute approximate surface area is 141 Å². The molecule has 2 heterocycles. The van der Waals surface area contributed by atoms with Crippen LogP contribution in [0.25, 0.3) is 0 Å². The van der Waals surface area contributed by atoms with Crippen molar-refractivity contribution in [2.45, 2.75) is 12.8 Å². The molecule has 1 amide bonds. The molecule has 0 radical (unpaired) electrons. The predicted molar refractivity (Wildman–Crippen MR) is 91.8 cm³/mol. The number of carbonyl (C=O) groups excluding carboxylic acids is 1. The number of rotatable bonds is 4. The summed E-state index contributed by atoms with van der Waals surface area (Å²) in [6, 6.07) is 7.87. The predicted octanol–water partition coefficient (Wildman–Crippen LogP) is 2.35. The minimum absolute atomic E-state index is 0.226. The number of aryl methyl sites for hydroxylation is 2. The van der Waals surface area contributed by atoms with Gasteiger partial charge < -0.3 is 9.80 Å². The first-order valence-corrected chi connectivity index (χ1v) is 8.25. The lowest BCUT2D eigenvalue weighted by Crippen LogP contribution is -2.48. The number of piperazine rings is 1. The Morgan fingerprint density at radius 1 is 1.17 bits per heavy atom. The van der Waals surface area contributed by atoms with Crippen LogP contribution in [-0.4, -0.2) is 46.8 Å². The second-order valence-corrected chi connectivity index (χ2v) is 6.30. The molecule has 0 unspecified atom stereocenters. The molecule has 6 heteroatoms. The lowest BCUT2D eigenvalue weighted by Gasteiger charge is -2.36. The van der Waals surface area contributed by atoms with Crippen LogP contribution in [0.2, 0.25) is 5.02 Å². The lowest BCUT2D eigenvalue weighted by molar-refractivity contribution is -0.131. The second-order valence-electron chi connectivity index (χ2n) is 5.87. The van der Waals surface area contributed by atoms with Crippen molar-refractivity contribution in [1.29, 1.82) is 0 Å². The zero-order valence-corrected chi connectivity index (χ0v) is 14.0. The summed E-state index contributed by atoms with van der Waals surface area (Å²) < 4.78 is 1.77. The molecule has 1 aliphatic rings. The first-order chi connectivity index (χ1) is 11.1. The molecular formula is C17H21ClN4O. The smallest absolute Gasteiger partial charge is 0.223 e. The standard InChI is InChI=1S/C17H21ClN4O/c1-20-13-14(12-19-20)2-7-17(23)22-10-8-21(9-11-22)16-5-3-15(18)4-6-16/h3-6,12-13H,2,7-11H2,1H3. The molecule has 1 saturated heterocycles. The molecule has 0 bridgehead atoms. The minimum Gasteiger partial charge on any atom is -0.368 e. The van der Waals surface area contributed by atoms with E-state index in [1.54, 1.807) is 4.68 Å². The van der Waals surface area contributed by atoms with Crippen molar-refractivity contribution in [3.63, 3.8) is 0 Å². The zero-order chi connectivity index (χ0) is 16.2. The van der Waals surface area contributed by atoms with Crippen molar-refractivity contribution in [2.75, 3.05) is 31.1 Å². The maximum absolute atomic E-state index is 12.3. The van der Waals surface area contributed by atoms with Gasteiger partial charge >= 0.3 is 0 Å². The van der Waals surface area contributed by atoms with Crippen LogP contribution in [-0.2, 0) is 18.3 Å². The number of halogens is 1. The van der Waals surface area contributed by atoms with Gasteiger partial charge in [-0.2, -0.15) is 5.10 Å². The molecule has 0 N–H and O–H groups in total. The van der Waals surface area contributed by atoms with Gasteiger partial charge in [0.1, 0.15) is 0 Å². The number of carbonyl (C=O) groups is 1. The maximum atomic E-state index is 12.3. The number of hydrogen-bond donors (Lipinski definition) is 0. The highest BCUT2D eigenvalue weighted by Crippen LogP contribution is 2.19. The topological polar surface area (TPSA) is 41.4 Å². The van der Waals surface area contributed by atoms with Crippen LogP contribution in [0.3, 0.4) is 0 Å². The van der Waals surface area contributed by atoms with Gasteiger partial charge in [0.25, 0.3) is 0 Å². The molecule has 1 aliphatic heterocycles. The summed E-state index contributed by atoms with van der Waals surface area (Å²) in [4.78, 5) is 16.6. The molecule has 0 spiro atoms. The molecular weight excluding hydrogens is 312 g/mol. The van der Waals surface area contributed by atoms with Crippen molar-refractivity contribution in [2.24, 2.45) is 7.05 Å². The van der Waals surface area contributed by atoms with E-state index in [9.17, 15) is 4.79 Å². The van der Waals surface area contributed by atoms with E-state index < -0.39 is 0 Å². The average Bonchev–Trinajstić information content (AvgIpc) is 2.99. The summed E-state index contributed by atoms with van der Waals surface area (Å²) in [6.07, 6.45) is 5.09. The number of aromatic nitrogens is 2. The largest absolute Gasteiger partial charge is 0.368 e. The Bertz CT molecular complexity index is 659. The molecule has 5 nitrogen and oxygen atoms in total. The number of hydrogen-bond acceptors (Lipinski definition) is 3. The summed E-state index contributed by atoms with van der Waals surface area (Å²) in [7, 11) is 1.89. The van der Waals surface area contributed by atoms with Gasteiger partial charge in [0.2, 0.25) is 5.91 Å². The monoisotopic (exact) mass is 332 g/mol. The Kier molecular flexibility index (Phi) is 4.86. The SMILES string of the molecule is Cn1cc(CCC(=O)N2CCN(c3ccc(Cl)cc3)CC2)cn1. The Hall–Kier alpha value is -2.01. The highest BCUT2D eigenvalue weighted by atomic mass is 35.5. The summed E-state index contributed by atoms with van der Waals surface area (Å²) >= 11 is 5.92.